The third-order valence-corrected chi connectivity index (χ3v) is 4.06. The van der Waals surface area contributed by atoms with Crippen molar-refractivity contribution in [2.45, 2.75) is 35.1 Å². The molecule has 3 N–H and O–H groups in total. The summed E-state index contributed by atoms with van der Waals surface area (Å²) >= 11 is 1.77. The number of nitrogens with two attached hydrogens (primary N) is 1. The molecule has 0 spiro atoms. The van der Waals surface area contributed by atoms with Gasteiger partial charge in [-0.05, 0) is 31.4 Å². The van der Waals surface area contributed by atoms with Gasteiger partial charge < -0.3 is 10.8 Å². The van der Waals surface area contributed by atoms with Gasteiger partial charge in [-0.1, -0.05) is 6.07 Å². The predicted molar refractivity (Wildman–Crippen MR) is 61.7 cm³/mol. The molecule has 2 atom stereocenters. The summed E-state index contributed by atoms with van der Waals surface area (Å²) in [5.41, 5.74) is 5.66. The molecule has 0 radical (unpaired) electrons. The van der Waals surface area contributed by atoms with Crippen molar-refractivity contribution in [3.05, 3.63) is 24.4 Å². The highest BCUT2D eigenvalue weighted by Crippen LogP contribution is 2.37. The number of hydrogen-bond donors (Lipinski definition) is 2. The quantitative estimate of drug-likeness (QED) is 0.815. The number of aromatic nitrogens is 1. The molecule has 1 aliphatic carbocycles. The average Bonchev–Trinajstić information content (AvgIpc) is 2.63. The van der Waals surface area contributed by atoms with Crippen LogP contribution in [-0.4, -0.2) is 27.5 Å². The van der Waals surface area contributed by atoms with Gasteiger partial charge in [0.1, 0.15) is 0 Å². The summed E-state index contributed by atoms with van der Waals surface area (Å²) in [7, 11) is 0. The van der Waals surface area contributed by atoms with Crippen molar-refractivity contribution in [3.63, 3.8) is 0 Å². The van der Waals surface area contributed by atoms with E-state index in [1.807, 2.05) is 18.2 Å². The van der Waals surface area contributed by atoms with Crippen molar-refractivity contribution in [2.75, 3.05) is 6.61 Å². The SMILES string of the molecule is NC1(CO)CCC(Sc2ccccn2)C1. The highest BCUT2D eigenvalue weighted by molar-refractivity contribution is 7.99. The lowest BCUT2D eigenvalue weighted by Gasteiger charge is -2.20. The van der Waals surface area contributed by atoms with Crippen LogP contribution in [0.3, 0.4) is 0 Å². The number of hydrogen-bond acceptors (Lipinski definition) is 4. The lowest BCUT2D eigenvalue weighted by molar-refractivity contribution is 0.200. The van der Waals surface area contributed by atoms with Crippen LogP contribution in [0.5, 0.6) is 0 Å². The van der Waals surface area contributed by atoms with Crippen LogP contribution in [0.2, 0.25) is 0 Å². The van der Waals surface area contributed by atoms with Crippen molar-refractivity contribution < 1.29 is 5.11 Å². The summed E-state index contributed by atoms with van der Waals surface area (Å²) in [5, 5.41) is 10.7. The van der Waals surface area contributed by atoms with Gasteiger partial charge in [-0.2, -0.15) is 0 Å². The zero-order chi connectivity index (χ0) is 10.7. The van der Waals surface area contributed by atoms with E-state index >= 15 is 0 Å². The highest BCUT2D eigenvalue weighted by Gasteiger charge is 2.35. The molecule has 1 aliphatic rings. The van der Waals surface area contributed by atoms with Crippen LogP contribution >= 0.6 is 11.8 Å². The molecule has 4 heteroatoms. The molecule has 3 nitrogen and oxygen atoms in total. The van der Waals surface area contributed by atoms with Crippen LogP contribution in [0.1, 0.15) is 19.3 Å². The first-order valence-electron chi connectivity index (χ1n) is 5.19. The molecule has 0 aliphatic heterocycles. The Hall–Kier alpha value is -0.580. The average molecular weight is 224 g/mol. The van der Waals surface area contributed by atoms with Gasteiger partial charge in [0.05, 0.1) is 11.6 Å². The van der Waals surface area contributed by atoms with Crippen LogP contribution in [0.25, 0.3) is 0 Å². The van der Waals surface area contributed by atoms with Gasteiger partial charge in [0.2, 0.25) is 0 Å². The summed E-state index contributed by atoms with van der Waals surface area (Å²) in [6, 6.07) is 5.92. The monoisotopic (exact) mass is 224 g/mol. The molecule has 0 saturated heterocycles. The third kappa shape index (κ3) is 2.71. The minimum Gasteiger partial charge on any atom is -0.394 e. The first-order chi connectivity index (χ1) is 7.22. The predicted octanol–water partition coefficient (Wildman–Crippen LogP) is 1.42. The van der Waals surface area contributed by atoms with E-state index in [4.69, 9.17) is 10.8 Å². The van der Waals surface area contributed by atoms with Crippen LogP contribution in [-0.2, 0) is 0 Å². The lowest BCUT2D eigenvalue weighted by Crippen LogP contribution is -2.40. The van der Waals surface area contributed by atoms with E-state index < -0.39 is 0 Å². The largest absolute Gasteiger partial charge is 0.394 e. The van der Waals surface area contributed by atoms with Crippen molar-refractivity contribution in [1.82, 2.24) is 4.98 Å². The van der Waals surface area contributed by atoms with E-state index in [-0.39, 0.29) is 12.1 Å². The molecule has 0 bridgehead atoms. The third-order valence-electron chi connectivity index (χ3n) is 2.84. The van der Waals surface area contributed by atoms with Gasteiger partial charge >= 0.3 is 0 Å². The lowest BCUT2D eigenvalue weighted by atomic mass is 10.0. The maximum Gasteiger partial charge on any atom is 0.0962 e. The standard InChI is InChI=1S/C11H16N2OS/c12-11(8-14)5-4-9(7-11)15-10-3-1-2-6-13-10/h1-3,6,9,14H,4-5,7-8,12H2. The second-order valence-electron chi connectivity index (χ2n) is 4.17. The van der Waals surface area contributed by atoms with Crippen LogP contribution in [0.15, 0.2) is 29.4 Å². The fourth-order valence-corrected chi connectivity index (χ4v) is 3.21. The summed E-state index contributed by atoms with van der Waals surface area (Å²) in [4.78, 5) is 4.28. The smallest absolute Gasteiger partial charge is 0.0962 e. The highest BCUT2D eigenvalue weighted by atomic mass is 32.2. The number of thioether (sulfide) groups is 1. The minimum atomic E-state index is -0.355. The molecule has 1 aromatic heterocycles. The maximum atomic E-state index is 9.16. The van der Waals surface area contributed by atoms with E-state index in [0.717, 1.165) is 24.3 Å². The Morgan fingerprint density at radius 1 is 1.60 bits per heavy atom. The number of nitrogens with zero attached hydrogens (tertiary/aromatic N) is 1. The number of rotatable bonds is 3. The molecule has 1 saturated carbocycles. The Morgan fingerprint density at radius 3 is 3.07 bits per heavy atom. The van der Waals surface area contributed by atoms with Gasteiger partial charge in [0.25, 0.3) is 0 Å². The molecule has 1 fully saturated rings. The van der Waals surface area contributed by atoms with E-state index in [1.165, 1.54) is 0 Å². The number of pyridine rings is 1. The Morgan fingerprint density at radius 2 is 2.47 bits per heavy atom. The minimum absolute atomic E-state index is 0.0896. The maximum absolute atomic E-state index is 9.16. The Kier molecular flexibility index (Phi) is 3.29. The van der Waals surface area contributed by atoms with E-state index in [9.17, 15) is 0 Å². The molecule has 0 amide bonds. The molecular weight excluding hydrogens is 208 g/mol. The summed E-state index contributed by atoms with van der Waals surface area (Å²) < 4.78 is 0. The molecule has 1 aromatic rings. The first-order valence-corrected chi connectivity index (χ1v) is 6.07. The zero-order valence-corrected chi connectivity index (χ0v) is 9.41. The van der Waals surface area contributed by atoms with Crippen LogP contribution in [0, 0.1) is 0 Å². The first kappa shape index (κ1) is 10.9. The van der Waals surface area contributed by atoms with Gasteiger partial charge in [-0.25, -0.2) is 4.98 Å². The Labute approximate surface area is 94.1 Å². The summed E-state index contributed by atoms with van der Waals surface area (Å²) in [5.74, 6) is 0. The van der Waals surface area contributed by atoms with E-state index in [1.54, 1.807) is 18.0 Å². The Bertz CT molecular complexity index is 320. The summed E-state index contributed by atoms with van der Waals surface area (Å²) in [6.07, 6.45) is 4.66. The molecule has 82 valence electrons. The number of aliphatic hydroxyl groups is 1. The van der Waals surface area contributed by atoms with E-state index in [0.29, 0.717) is 5.25 Å². The normalized spacial score (nSPS) is 30.7. The molecule has 2 unspecified atom stereocenters. The fourth-order valence-electron chi connectivity index (χ4n) is 1.94. The summed E-state index contributed by atoms with van der Waals surface area (Å²) in [6.45, 7) is 0.0896. The van der Waals surface area contributed by atoms with Crippen molar-refractivity contribution in [3.8, 4) is 0 Å². The van der Waals surface area contributed by atoms with Gasteiger partial charge in [0, 0.05) is 17.0 Å². The van der Waals surface area contributed by atoms with Gasteiger partial charge in [-0.3, -0.25) is 0 Å². The van der Waals surface area contributed by atoms with Crippen molar-refractivity contribution >= 4 is 11.8 Å². The second-order valence-corrected chi connectivity index (χ2v) is 5.49. The molecule has 0 aromatic carbocycles. The van der Waals surface area contributed by atoms with Gasteiger partial charge in [0.15, 0.2) is 0 Å². The van der Waals surface area contributed by atoms with Crippen molar-refractivity contribution in [1.29, 1.82) is 0 Å². The van der Waals surface area contributed by atoms with Gasteiger partial charge in [-0.15, -0.1) is 11.8 Å². The molecule has 2 rings (SSSR count). The number of aliphatic hydroxyl groups excluding tert-OH is 1. The zero-order valence-electron chi connectivity index (χ0n) is 8.60. The molecule has 1 heterocycles. The van der Waals surface area contributed by atoms with Crippen molar-refractivity contribution in [2.24, 2.45) is 5.73 Å². The molecule has 15 heavy (non-hydrogen) atoms. The Balaban J connectivity index is 1.93. The topological polar surface area (TPSA) is 59.1 Å². The van der Waals surface area contributed by atoms with Crippen LogP contribution in [0.4, 0.5) is 0 Å². The van der Waals surface area contributed by atoms with E-state index in [2.05, 4.69) is 4.98 Å². The second kappa shape index (κ2) is 4.51. The molecular formula is C11H16N2OS. The fraction of sp³-hybridized carbons (Fsp3) is 0.545. The van der Waals surface area contributed by atoms with Crippen LogP contribution < -0.4 is 5.73 Å².